The molecule has 1 amide bonds. The van der Waals surface area contributed by atoms with E-state index in [0.717, 1.165) is 16.8 Å². The molecule has 2 atom stereocenters. The molecule has 1 aliphatic carbocycles. The van der Waals surface area contributed by atoms with Gasteiger partial charge in [0.05, 0.1) is 12.1 Å². The highest BCUT2D eigenvalue weighted by atomic mass is 16.3. The number of benzene rings is 1. The standard InChI is InChI=1S/C25H25N3O3/c26-25(31)21-16-19-10-6-13-27-23(19)24(20-11-4-5-12-22(20)30)28(21,14-7-15-29)17-18-8-2-1-3-9-18/h1-6,8-11,13,16,24,29H,7,12,14-15,17H2,(H-,26,31)/p+1. The van der Waals surface area contributed by atoms with Gasteiger partial charge in [-0.15, -0.1) is 0 Å². The smallest absolute Gasteiger partial charge is 0.302 e. The van der Waals surface area contributed by atoms with Crippen LogP contribution in [0.15, 0.2) is 78.2 Å². The topological polar surface area (TPSA) is 93.3 Å². The Bertz CT molecular complexity index is 1090. The Hall–Kier alpha value is -3.35. The number of carbonyl (C=O) groups excluding carboxylic acids is 2. The molecule has 6 nitrogen and oxygen atoms in total. The fraction of sp³-hybridized carbons (Fsp3) is 0.240. The Morgan fingerprint density at radius 1 is 1.19 bits per heavy atom. The van der Waals surface area contributed by atoms with Gasteiger partial charge in [-0.1, -0.05) is 48.6 Å². The van der Waals surface area contributed by atoms with Crippen molar-refractivity contribution >= 4 is 17.8 Å². The molecular weight excluding hydrogens is 390 g/mol. The lowest BCUT2D eigenvalue weighted by atomic mass is 9.84. The zero-order chi connectivity index (χ0) is 21.8. The van der Waals surface area contributed by atoms with Crippen molar-refractivity contribution in [3.63, 3.8) is 0 Å². The second kappa shape index (κ2) is 8.79. The molecule has 1 aromatic carbocycles. The summed E-state index contributed by atoms with van der Waals surface area (Å²) in [6, 6.07) is 13.0. The average molecular weight is 417 g/mol. The second-order valence-electron chi connectivity index (χ2n) is 7.93. The Balaban J connectivity index is 2.00. The molecule has 0 spiro atoms. The Kier molecular flexibility index (Phi) is 5.93. The minimum Gasteiger partial charge on any atom is -0.396 e. The number of nitrogens with zero attached hydrogens (tertiary/aromatic N) is 2. The zero-order valence-electron chi connectivity index (χ0n) is 17.3. The predicted octanol–water partition coefficient (Wildman–Crippen LogP) is 2.82. The van der Waals surface area contributed by atoms with Gasteiger partial charge in [-0.05, 0) is 12.1 Å². The lowest BCUT2D eigenvalue weighted by Gasteiger charge is -2.47. The van der Waals surface area contributed by atoms with Crippen LogP contribution in [0, 0.1) is 0 Å². The maximum Gasteiger partial charge on any atom is 0.302 e. The van der Waals surface area contributed by atoms with Crippen LogP contribution in [0.1, 0.15) is 35.7 Å². The number of rotatable bonds is 7. The van der Waals surface area contributed by atoms with Crippen LogP contribution in [-0.4, -0.2) is 39.4 Å². The average Bonchev–Trinajstić information content (AvgIpc) is 2.78. The summed E-state index contributed by atoms with van der Waals surface area (Å²) in [5, 5.41) is 9.69. The van der Waals surface area contributed by atoms with Gasteiger partial charge in [-0.3, -0.25) is 19.1 Å². The monoisotopic (exact) mass is 416 g/mol. The van der Waals surface area contributed by atoms with E-state index in [4.69, 9.17) is 5.73 Å². The number of fused-ring (bicyclic) bond motifs is 1. The van der Waals surface area contributed by atoms with E-state index in [1.165, 1.54) is 0 Å². The second-order valence-corrected chi connectivity index (χ2v) is 7.93. The summed E-state index contributed by atoms with van der Waals surface area (Å²) in [7, 11) is 0. The number of Topliss-reactive ketones (excluding diaryl/α,β-unsaturated/α-hetero) is 1. The summed E-state index contributed by atoms with van der Waals surface area (Å²) >= 11 is 0. The maximum absolute atomic E-state index is 13.1. The van der Waals surface area contributed by atoms with Crippen molar-refractivity contribution in [1.29, 1.82) is 0 Å². The Labute approximate surface area is 181 Å². The summed E-state index contributed by atoms with van der Waals surface area (Å²) in [6.45, 7) is 0.856. The molecule has 2 aromatic rings. The molecule has 0 fully saturated rings. The van der Waals surface area contributed by atoms with E-state index in [1.807, 2.05) is 60.7 Å². The molecule has 0 bridgehead atoms. The van der Waals surface area contributed by atoms with Gasteiger partial charge in [0.1, 0.15) is 12.2 Å². The van der Waals surface area contributed by atoms with Gasteiger partial charge in [0.2, 0.25) is 0 Å². The van der Waals surface area contributed by atoms with Crippen LogP contribution in [0.5, 0.6) is 0 Å². The van der Waals surface area contributed by atoms with Crippen LogP contribution < -0.4 is 5.73 Å². The number of allylic oxidation sites excluding steroid dienone is 3. The van der Waals surface area contributed by atoms with E-state index in [0.29, 0.717) is 37.2 Å². The molecule has 6 heteroatoms. The van der Waals surface area contributed by atoms with Gasteiger partial charge in [0.25, 0.3) is 0 Å². The van der Waals surface area contributed by atoms with E-state index in [2.05, 4.69) is 4.98 Å². The lowest BCUT2D eigenvalue weighted by Crippen LogP contribution is -2.56. The van der Waals surface area contributed by atoms with E-state index in [9.17, 15) is 14.7 Å². The van der Waals surface area contributed by atoms with Crippen LogP contribution in [0.4, 0.5) is 0 Å². The van der Waals surface area contributed by atoms with Crippen molar-refractivity contribution in [2.45, 2.75) is 25.4 Å². The molecular formula is C25H26N3O3+. The minimum absolute atomic E-state index is 0.00869. The molecule has 31 heavy (non-hydrogen) atoms. The fourth-order valence-corrected chi connectivity index (χ4v) is 4.70. The van der Waals surface area contributed by atoms with Gasteiger partial charge < -0.3 is 10.8 Å². The highest BCUT2D eigenvalue weighted by molar-refractivity contribution is 6.00. The number of carbonyl (C=O) groups is 2. The van der Waals surface area contributed by atoms with E-state index < -0.39 is 11.9 Å². The molecule has 4 rings (SSSR count). The van der Waals surface area contributed by atoms with Gasteiger partial charge in [0, 0.05) is 42.8 Å². The molecule has 0 saturated heterocycles. The normalized spacial score (nSPS) is 22.5. The van der Waals surface area contributed by atoms with Crippen molar-refractivity contribution in [1.82, 2.24) is 4.98 Å². The van der Waals surface area contributed by atoms with E-state index in [1.54, 1.807) is 12.3 Å². The highest BCUT2D eigenvalue weighted by Crippen LogP contribution is 2.47. The van der Waals surface area contributed by atoms with Crippen LogP contribution in [0.2, 0.25) is 0 Å². The number of primary amides is 1. The number of aliphatic hydroxyl groups excluding tert-OH is 1. The number of pyridine rings is 1. The fourth-order valence-electron chi connectivity index (χ4n) is 4.70. The predicted molar refractivity (Wildman–Crippen MR) is 118 cm³/mol. The highest BCUT2D eigenvalue weighted by Gasteiger charge is 2.51. The molecule has 0 saturated carbocycles. The summed E-state index contributed by atoms with van der Waals surface area (Å²) < 4.78 is 0.120. The van der Waals surface area contributed by atoms with E-state index in [-0.39, 0.29) is 16.9 Å². The number of nitrogens with two attached hydrogens (primary N) is 1. The van der Waals surface area contributed by atoms with Crippen LogP contribution in [-0.2, 0) is 16.1 Å². The third-order valence-electron chi connectivity index (χ3n) is 6.00. The first-order valence-electron chi connectivity index (χ1n) is 10.5. The maximum atomic E-state index is 13.1. The number of aromatic nitrogens is 1. The summed E-state index contributed by atoms with van der Waals surface area (Å²) in [5.41, 5.74) is 9.51. The Morgan fingerprint density at radius 2 is 2.00 bits per heavy atom. The zero-order valence-corrected chi connectivity index (χ0v) is 17.3. The number of aliphatic hydroxyl groups is 1. The molecule has 2 aliphatic rings. The summed E-state index contributed by atoms with van der Waals surface area (Å²) in [6.07, 6.45) is 9.81. The van der Waals surface area contributed by atoms with Gasteiger partial charge in [0.15, 0.2) is 17.5 Å². The molecule has 1 aromatic heterocycles. The van der Waals surface area contributed by atoms with Gasteiger partial charge in [-0.2, -0.15) is 0 Å². The molecule has 2 unspecified atom stereocenters. The molecule has 2 heterocycles. The first-order chi connectivity index (χ1) is 15.1. The third-order valence-corrected chi connectivity index (χ3v) is 6.00. The number of ketones is 1. The van der Waals surface area contributed by atoms with Gasteiger partial charge >= 0.3 is 5.91 Å². The van der Waals surface area contributed by atoms with E-state index >= 15 is 0 Å². The molecule has 3 N–H and O–H groups in total. The molecule has 0 radical (unpaired) electrons. The number of hydrogen-bond acceptors (Lipinski definition) is 4. The summed E-state index contributed by atoms with van der Waals surface area (Å²) in [4.78, 5) is 30.5. The molecule has 158 valence electrons. The molecule has 1 aliphatic heterocycles. The first-order valence-corrected chi connectivity index (χ1v) is 10.5. The lowest BCUT2D eigenvalue weighted by molar-refractivity contribution is -0.926. The van der Waals surface area contributed by atoms with Crippen LogP contribution >= 0.6 is 0 Å². The van der Waals surface area contributed by atoms with Crippen molar-refractivity contribution in [3.05, 3.63) is 95.0 Å². The van der Waals surface area contributed by atoms with Crippen molar-refractivity contribution in [3.8, 4) is 0 Å². The van der Waals surface area contributed by atoms with Crippen LogP contribution in [0.3, 0.4) is 0 Å². The quantitative estimate of drug-likeness (QED) is 0.679. The van der Waals surface area contributed by atoms with Crippen molar-refractivity contribution < 1.29 is 19.2 Å². The SMILES string of the molecule is NC(=O)C1=Cc2cccnc2C(C2=CC=CCC2=O)[N+]1(CCCO)Cc1ccccc1. The Morgan fingerprint density at radius 3 is 2.71 bits per heavy atom. The number of hydrogen-bond donors (Lipinski definition) is 2. The minimum atomic E-state index is -0.534. The van der Waals surface area contributed by atoms with Gasteiger partial charge in [-0.25, -0.2) is 0 Å². The van der Waals surface area contributed by atoms with Crippen molar-refractivity contribution in [2.75, 3.05) is 13.2 Å². The van der Waals surface area contributed by atoms with Crippen LogP contribution in [0.25, 0.3) is 6.08 Å². The van der Waals surface area contributed by atoms with Crippen molar-refractivity contribution in [2.24, 2.45) is 5.73 Å². The number of quaternary nitrogens is 1. The number of amides is 1. The third kappa shape index (κ3) is 3.87. The largest absolute Gasteiger partial charge is 0.396 e. The summed E-state index contributed by atoms with van der Waals surface area (Å²) in [5.74, 6) is -0.526. The first kappa shape index (κ1) is 20.9.